The number of nitro groups is 1. The van der Waals surface area contributed by atoms with Gasteiger partial charge in [-0.05, 0) is 25.1 Å². The lowest BCUT2D eigenvalue weighted by molar-refractivity contribution is -0.385. The van der Waals surface area contributed by atoms with Crippen molar-refractivity contribution in [3.05, 3.63) is 62.7 Å². The summed E-state index contributed by atoms with van der Waals surface area (Å²) < 4.78 is 0. The second-order valence-corrected chi connectivity index (χ2v) is 4.76. The van der Waals surface area contributed by atoms with E-state index in [9.17, 15) is 15.2 Å². The molecule has 2 rings (SSSR count). The topological polar surface area (TPSA) is 75.4 Å². The first kappa shape index (κ1) is 14.1. The van der Waals surface area contributed by atoms with Crippen molar-refractivity contribution in [2.75, 3.05) is 5.32 Å². The molecular formula is C14H13ClN2O3. The van der Waals surface area contributed by atoms with Gasteiger partial charge in [0.1, 0.15) is 5.75 Å². The molecule has 0 aliphatic heterocycles. The van der Waals surface area contributed by atoms with Crippen LogP contribution < -0.4 is 5.32 Å². The monoisotopic (exact) mass is 292 g/mol. The average molecular weight is 293 g/mol. The quantitative estimate of drug-likeness (QED) is 0.662. The summed E-state index contributed by atoms with van der Waals surface area (Å²) in [7, 11) is 0. The lowest BCUT2D eigenvalue weighted by Gasteiger charge is -2.10. The Hall–Kier alpha value is -2.27. The Labute approximate surface area is 121 Å². The number of nitrogens with zero attached hydrogens (tertiary/aromatic N) is 1. The summed E-state index contributed by atoms with van der Waals surface area (Å²) >= 11 is 5.99. The second-order valence-electron chi connectivity index (χ2n) is 4.35. The van der Waals surface area contributed by atoms with Crippen molar-refractivity contribution in [2.45, 2.75) is 13.5 Å². The van der Waals surface area contributed by atoms with Gasteiger partial charge in [0.2, 0.25) is 0 Å². The van der Waals surface area contributed by atoms with Crippen molar-refractivity contribution in [2.24, 2.45) is 0 Å². The smallest absolute Gasteiger partial charge is 0.274 e. The third-order valence-corrected chi connectivity index (χ3v) is 3.32. The number of aromatic hydroxyl groups is 1. The van der Waals surface area contributed by atoms with Crippen LogP contribution in [0.2, 0.25) is 5.02 Å². The van der Waals surface area contributed by atoms with E-state index in [0.717, 1.165) is 0 Å². The van der Waals surface area contributed by atoms with E-state index in [1.165, 1.54) is 6.07 Å². The van der Waals surface area contributed by atoms with Crippen LogP contribution in [0, 0.1) is 17.0 Å². The Kier molecular flexibility index (Phi) is 4.10. The summed E-state index contributed by atoms with van der Waals surface area (Å²) in [5.74, 6) is 0.0895. The molecule has 6 heteroatoms. The highest BCUT2D eigenvalue weighted by Crippen LogP contribution is 2.27. The first-order chi connectivity index (χ1) is 9.49. The van der Waals surface area contributed by atoms with Crippen LogP contribution in [0.1, 0.15) is 11.1 Å². The van der Waals surface area contributed by atoms with Crippen LogP contribution in [0.25, 0.3) is 0 Å². The number of aryl methyl sites for hydroxylation is 1. The SMILES string of the molecule is Cc1ccc(NCc2c(O)cccc2Cl)cc1[N+](=O)[O-]. The Morgan fingerprint density at radius 3 is 2.75 bits per heavy atom. The van der Waals surface area contributed by atoms with E-state index in [1.54, 1.807) is 37.3 Å². The number of anilines is 1. The molecule has 2 N–H and O–H groups in total. The van der Waals surface area contributed by atoms with Gasteiger partial charge in [-0.1, -0.05) is 23.7 Å². The molecule has 0 amide bonds. The van der Waals surface area contributed by atoms with E-state index in [-0.39, 0.29) is 18.0 Å². The zero-order valence-corrected chi connectivity index (χ0v) is 11.5. The molecule has 0 bridgehead atoms. The molecule has 0 unspecified atom stereocenters. The summed E-state index contributed by atoms with van der Waals surface area (Å²) in [5.41, 5.74) is 1.80. The van der Waals surface area contributed by atoms with Gasteiger partial charge in [0.25, 0.3) is 5.69 Å². The van der Waals surface area contributed by atoms with Crippen LogP contribution in [0.5, 0.6) is 5.75 Å². The van der Waals surface area contributed by atoms with Crippen LogP contribution in [0.3, 0.4) is 0 Å². The van der Waals surface area contributed by atoms with Crippen LogP contribution in [-0.4, -0.2) is 10.0 Å². The number of benzene rings is 2. The van der Waals surface area contributed by atoms with Crippen LogP contribution in [0.4, 0.5) is 11.4 Å². The molecule has 0 radical (unpaired) electrons. The number of hydrogen-bond acceptors (Lipinski definition) is 4. The number of halogens is 1. The maximum Gasteiger partial charge on any atom is 0.274 e. The Bertz CT molecular complexity index is 639. The molecule has 0 saturated carbocycles. The lowest BCUT2D eigenvalue weighted by atomic mass is 10.1. The van der Waals surface area contributed by atoms with Crippen LogP contribution in [0.15, 0.2) is 36.4 Å². The number of hydrogen-bond donors (Lipinski definition) is 2. The van der Waals surface area contributed by atoms with Gasteiger partial charge >= 0.3 is 0 Å². The predicted molar refractivity (Wildman–Crippen MR) is 78.3 cm³/mol. The van der Waals surface area contributed by atoms with Gasteiger partial charge in [-0.25, -0.2) is 0 Å². The van der Waals surface area contributed by atoms with Gasteiger partial charge in [0, 0.05) is 34.4 Å². The molecule has 0 aliphatic rings. The molecule has 2 aromatic rings. The van der Waals surface area contributed by atoms with E-state index in [0.29, 0.717) is 21.8 Å². The van der Waals surface area contributed by atoms with Gasteiger partial charge in [-0.2, -0.15) is 0 Å². The average Bonchev–Trinajstić information content (AvgIpc) is 2.39. The van der Waals surface area contributed by atoms with E-state index < -0.39 is 4.92 Å². The van der Waals surface area contributed by atoms with Crippen LogP contribution in [-0.2, 0) is 6.54 Å². The molecule has 0 atom stereocenters. The summed E-state index contributed by atoms with van der Waals surface area (Å²) in [6.07, 6.45) is 0. The first-order valence-electron chi connectivity index (χ1n) is 5.94. The summed E-state index contributed by atoms with van der Waals surface area (Å²) in [5, 5.41) is 24.1. The highest BCUT2D eigenvalue weighted by Gasteiger charge is 2.11. The van der Waals surface area contributed by atoms with Crippen LogP contribution >= 0.6 is 11.6 Å². The predicted octanol–water partition coefficient (Wildman–Crippen LogP) is 3.87. The Morgan fingerprint density at radius 1 is 1.35 bits per heavy atom. The maximum atomic E-state index is 10.9. The Morgan fingerprint density at radius 2 is 2.10 bits per heavy atom. The highest BCUT2D eigenvalue weighted by molar-refractivity contribution is 6.31. The van der Waals surface area contributed by atoms with E-state index in [1.807, 2.05) is 0 Å². The fourth-order valence-corrected chi connectivity index (χ4v) is 2.07. The van der Waals surface area contributed by atoms with Crippen molar-refractivity contribution in [1.82, 2.24) is 0 Å². The summed E-state index contributed by atoms with van der Waals surface area (Å²) in [4.78, 5) is 10.4. The molecule has 0 aromatic heterocycles. The minimum Gasteiger partial charge on any atom is -0.508 e. The molecular weight excluding hydrogens is 280 g/mol. The van der Waals surface area contributed by atoms with Crippen molar-refractivity contribution in [3.63, 3.8) is 0 Å². The molecule has 0 aliphatic carbocycles. The molecule has 104 valence electrons. The minimum atomic E-state index is -0.423. The fourth-order valence-electron chi connectivity index (χ4n) is 1.83. The standard InChI is InChI=1S/C14H13ClN2O3/c1-9-5-6-10(7-13(9)17(19)20)16-8-11-12(15)3-2-4-14(11)18/h2-7,16,18H,8H2,1H3. The van der Waals surface area contributed by atoms with Gasteiger partial charge in [-0.3, -0.25) is 10.1 Å². The maximum absolute atomic E-state index is 10.9. The van der Waals surface area contributed by atoms with Crippen molar-refractivity contribution in [3.8, 4) is 5.75 Å². The molecule has 2 aromatic carbocycles. The van der Waals surface area contributed by atoms with Gasteiger partial charge in [0.05, 0.1) is 4.92 Å². The number of nitro benzene ring substituents is 1. The number of nitrogens with one attached hydrogen (secondary N) is 1. The molecule has 5 nitrogen and oxygen atoms in total. The number of phenols is 1. The molecule has 20 heavy (non-hydrogen) atoms. The van der Waals surface area contributed by atoms with E-state index in [2.05, 4.69) is 5.32 Å². The van der Waals surface area contributed by atoms with Crippen molar-refractivity contribution < 1.29 is 10.0 Å². The molecule has 0 heterocycles. The van der Waals surface area contributed by atoms with Crippen molar-refractivity contribution in [1.29, 1.82) is 0 Å². The second kappa shape index (κ2) is 5.79. The summed E-state index contributed by atoms with van der Waals surface area (Å²) in [6, 6.07) is 9.75. The largest absolute Gasteiger partial charge is 0.508 e. The minimum absolute atomic E-state index is 0.0541. The molecule has 0 fully saturated rings. The third-order valence-electron chi connectivity index (χ3n) is 2.97. The van der Waals surface area contributed by atoms with E-state index >= 15 is 0 Å². The zero-order valence-electron chi connectivity index (χ0n) is 10.8. The third kappa shape index (κ3) is 3.00. The van der Waals surface area contributed by atoms with Gasteiger partial charge in [0.15, 0.2) is 0 Å². The van der Waals surface area contributed by atoms with Crippen molar-refractivity contribution >= 4 is 23.0 Å². The molecule has 0 saturated heterocycles. The van der Waals surface area contributed by atoms with Gasteiger partial charge < -0.3 is 10.4 Å². The zero-order chi connectivity index (χ0) is 14.7. The summed E-state index contributed by atoms with van der Waals surface area (Å²) in [6.45, 7) is 1.97. The normalized spacial score (nSPS) is 10.3. The fraction of sp³-hybridized carbons (Fsp3) is 0.143. The highest BCUT2D eigenvalue weighted by atomic mass is 35.5. The Balaban J connectivity index is 2.19. The lowest BCUT2D eigenvalue weighted by Crippen LogP contribution is -2.01. The number of rotatable bonds is 4. The number of phenolic OH excluding ortho intramolecular Hbond substituents is 1. The molecule has 0 spiro atoms. The van der Waals surface area contributed by atoms with Gasteiger partial charge in [-0.15, -0.1) is 0 Å². The van der Waals surface area contributed by atoms with E-state index in [4.69, 9.17) is 11.6 Å². The first-order valence-corrected chi connectivity index (χ1v) is 6.32.